The van der Waals surface area contributed by atoms with Crippen LogP contribution in [-0.2, 0) is 0 Å². The van der Waals surface area contributed by atoms with Crippen molar-refractivity contribution in [2.75, 3.05) is 26.7 Å². The first-order chi connectivity index (χ1) is 9.69. The van der Waals surface area contributed by atoms with Crippen molar-refractivity contribution in [1.82, 2.24) is 15.2 Å². The Morgan fingerprint density at radius 3 is 3.20 bits per heavy atom. The van der Waals surface area contributed by atoms with Gasteiger partial charge in [-0.15, -0.1) is 0 Å². The van der Waals surface area contributed by atoms with Gasteiger partial charge in [0.25, 0.3) is 5.91 Å². The lowest BCUT2D eigenvalue weighted by Crippen LogP contribution is -2.46. The van der Waals surface area contributed by atoms with Gasteiger partial charge in [-0.3, -0.25) is 9.78 Å². The van der Waals surface area contributed by atoms with Gasteiger partial charge < -0.3 is 16.0 Å². The molecule has 1 fully saturated rings. The molecule has 20 heavy (non-hydrogen) atoms. The first kappa shape index (κ1) is 14.5. The van der Waals surface area contributed by atoms with Crippen molar-refractivity contribution in [2.45, 2.75) is 18.9 Å². The minimum atomic E-state index is -0.0887. The highest BCUT2D eigenvalue weighted by atomic mass is 16.1. The Labute approximate surface area is 119 Å². The second-order valence-corrected chi connectivity index (χ2v) is 5.04. The van der Waals surface area contributed by atoms with Crippen LogP contribution < -0.4 is 11.1 Å². The van der Waals surface area contributed by atoms with E-state index in [2.05, 4.69) is 34.1 Å². The molecule has 2 rings (SSSR count). The molecule has 1 atom stereocenters. The first-order valence-electron chi connectivity index (χ1n) is 6.82. The van der Waals surface area contributed by atoms with E-state index in [0.717, 1.165) is 25.9 Å². The highest BCUT2D eigenvalue weighted by Crippen LogP contribution is 2.09. The van der Waals surface area contributed by atoms with E-state index in [1.165, 1.54) is 0 Å². The number of carbonyl (C=O) groups excluding carboxylic acids is 1. The second-order valence-electron chi connectivity index (χ2n) is 5.04. The molecule has 1 aliphatic heterocycles. The lowest BCUT2D eigenvalue weighted by atomic mass is 10.1. The number of nitrogens with one attached hydrogen (secondary N) is 1. The minimum absolute atomic E-state index is 0.0887. The molecular weight excluding hydrogens is 252 g/mol. The monoisotopic (exact) mass is 272 g/mol. The largest absolute Gasteiger partial charge is 0.348 e. The van der Waals surface area contributed by atoms with Crippen LogP contribution in [0.25, 0.3) is 0 Å². The summed E-state index contributed by atoms with van der Waals surface area (Å²) in [6.07, 6.45) is 5.33. The zero-order valence-electron chi connectivity index (χ0n) is 11.7. The Hall–Kier alpha value is -1.90. The van der Waals surface area contributed by atoms with E-state index >= 15 is 0 Å². The number of carbonyl (C=O) groups is 1. The number of pyridine rings is 1. The number of hydrogen-bond acceptors (Lipinski definition) is 4. The van der Waals surface area contributed by atoms with Crippen molar-refractivity contribution in [2.24, 2.45) is 5.73 Å². The van der Waals surface area contributed by atoms with Crippen molar-refractivity contribution in [3.8, 4) is 11.8 Å². The first-order valence-corrected chi connectivity index (χ1v) is 6.82. The molecule has 0 bridgehead atoms. The molecule has 5 heteroatoms. The molecule has 106 valence electrons. The summed E-state index contributed by atoms with van der Waals surface area (Å²) in [4.78, 5) is 18.5. The summed E-state index contributed by atoms with van der Waals surface area (Å²) in [6.45, 7) is 2.29. The van der Waals surface area contributed by atoms with E-state index in [0.29, 0.717) is 17.7 Å². The zero-order chi connectivity index (χ0) is 14.4. The van der Waals surface area contributed by atoms with Gasteiger partial charge in [-0.25, -0.2) is 0 Å². The topological polar surface area (TPSA) is 71.2 Å². The Kier molecular flexibility index (Phi) is 5.10. The van der Waals surface area contributed by atoms with Gasteiger partial charge >= 0.3 is 0 Å². The highest BCUT2D eigenvalue weighted by Gasteiger charge is 2.19. The number of rotatable bonds is 2. The van der Waals surface area contributed by atoms with Crippen LogP contribution in [0.2, 0.25) is 0 Å². The van der Waals surface area contributed by atoms with Gasteiger partial charge in [0.1, 0.15) is 0 Å². The zero-order valence-corrected chi connectivity index (χ0v) is 11.7. The normalized spacial score (nSPS) is 19.0. The third-order valence-corrected chi connectivity index (χ3v) is 3.29. The molecule has 1 amide bonds. The Morgan fingerprint density at radius 1 is 1.60 bits per heavy atom. The smallest absolute Gasteiger partial charge is 0.253 e. The maximum atomic E-state index is 12.2. The molecule has 1 aromatic heterocycles. The SMILES string of the molecule is CN1CCCC(NC(=O)c2cncc(C#CCN)c2)C1. The lowest BCUT2D eigenvalue weighted by Gasteiger charge is -2.30. The third kappa shape index (κ3) is 4.05. The predicted molar refractivity (Wildman–Crippen MR) is 78.2 cm³/mol. The van der Waals surface area contributed by atoms with E-state index in [-0.39, 0.29) is 11.9 Å². The van der Waals surface area contributed by atoms with Crippen LogP contribution in [0.1, 0.15) is 28.8 Å². The van der Waals surface area contributed by atoms with E-state index in [4.69, 9.17) is 5.73 Å². The molecule has 3 N–H and O–H groups in total. The number of aromatic nitrogens is 1. The van der Waals surface area contributed by atoms with Gasteiger partial charge in [-0.05, 0) is 32.5 Å². The molecule has 0 radical (unpaired) electrons. The molecule has 1 aromatic rings. The van der Waals surface area contributed by atoms with Crippen LogP contribution >= 0.6 is 0 Å². The number of amides is 1. The van der Waals surface area contributed by atoms with Crippen LogP contribution in [0.4, 0.5) is 0 Å². The van der Waals surface area contributed by atoms with Gasteiger partial charge in [0.05, 0.1) is 12.1 Å². The van der Waals surface area contributed by atoms with Crippen molar-refractivity contribution >= 4 is 5.91 Å². The maximum Gasteiger partial charge on any atom is 0.253 e. The van der Waals surface area contributed by atoms with Gasteiger partial charge in [0, 0.05) is 30.5 Å². The number of nitrogens with zero attached hydrogens (tertiary/aromatic N) is 2. The standard InChI is InChI=1S/C15H20N4O/c1-19-7-3-5-14(11-19)18-15(20)13-8-12(4-2-6-16)9-17-10-13/h8-10,14H,3,5-7,11,16H2,1H3,(H,18,20). The van der Waals surface area contributed by atoms with Crippen LogP contribution in [0.3, 0.4) is 0 Å². The highest BCUT2D eigenvalue weighted by molar-refractivity contribution is 5.94. The second kappa shape index (κ2) is 7.04. The van der Waals surface area contributed by atoms with E-state index < -0.39 is 0 Å². The summed E-state index contributed by atoms with van der Waals surface area (Å²) >= 11 is 0. The third-order valence-electron chi connectivity index (χ3n) is 3.29. The number of nitrogens with two attached hydrogens (primary N) is 1. The van der Waals surface area contributed by atoms with Crippen LogP contribution in [0.5, 0.6) is 0 Å². The Morgan fingerprint density at radius 2 is 2.45 bits per heavy atom. The molecule has 1 unspecified atom stereocenters. The molecule has 0 aromatic carbocycles. The van der Waals surface area contributed by atoms with E-state index in [1.54, 1.807) is 18.5 Å². The Bertz CT molecular complexity index is 532. The molecule has 0 saturated carbocycles. The fraction of sp³-hybridized carbons (Fsp3) is 0.467. The molecule has 1 saturated heterocycles. The molecular formula is C15H20N4O. The van der Waals surface area contributed by atoms with Crippen LogP contribution in [0, 0.1) is 11.8 Å². The quantitative estimate of drug-likeness (QED) is 0.755. The fourth-order valence-electron chi connectivity index (χ4n) is 2.34. The van der Waals surface area contributed by atoms with Crippen molar-refractivity contribution in [3.63, 3.8) is 0 Å². The van der Waals surface area contributed by atoms with E-state index in [1.807, 2.05) is 0 Å². The molecule has 0 aliphatic carbocycles. The lowest BCUT2D eigenvalue weighted by molar-refractivity contribution is 0.0912. The van der Waals surface area contributed by atoms with Gasteiger partial charge in [-0.2, -0.15) is 0 Å². The number of hydrogen-bond donors (Lipinski definition) is 2. The van der Waals surface area contributed by atoms with Gasteiger partial charge in [-0.1, -0.05) is 11.8 Å². The van der Waals surface area contributed by atoms with Gasteiger partial charge in [0.15, 0.2) is 0 Å². The summed E-state index contributed by atoms with van der Waals surface area (Å²) < 4.78 is 0. The fourth-order valence-corrected chi connectivity index (χ4v) is 2.34. The molecule has 1 aliphatic rings. The average Bonchev–Trinajstić information content (AvgIpc) is 2.45. The number of likely N-dealkylation sites (N-methyl/N-ethyl adjacent to an activating group) is 1. The summed E-state index contributed by atoms with van der Waals surface area (Å²) in [5, 5.41) is 3.06. The summed E-state index contributed by atoms with van der Waals surface area (Å²) in [6, 6.07) is 1.96. The summed E-state index contributed by atoms with van der Waals surface area (Å²) in [5.74, 6) is 5.55. The summed E-state index contributed by atoms with van der Waals surface area (Å²) in [7, 11) is 2.07. The minimum Gasteiger partial charge on any atom is -0.348 e. The van der Waals surface area contributed by atoms with Crippen LogP contribution in [-0.4, -0.2) is 48.5 Å². The molecule has 2 heterocycles. The molecule has 0 spiro atoms. The van der Waals surface area contributed by atoms with Crippen molar-refractivity contribution < 1.29 is 4.79 Å². The maximum absolute atomic E-state index is 12.2. The van der Waals surface area contributed by atoms with Crippen LogP contribution in [0.15, 0.2) is 18.5 Å². The van der Waals surface area contributed by atoms with Crippen molar-refractivity contribution in [3.05, 3.63) is 29.6 Å². The average molecular weight is 272 g/mol. The van der Waals surface area contributed by atoms with Crippen molar-refractivity contribution in [1.29, 1.82) is 0 Å². The summed E-state index contributed by atoms with van der Waals surface area (Å²) in [5.41, 5.74) is 6.59. The predicted octanol–water partition coefficient (Wildman–Crippen LogP) is 0.216. The van der Waals surface area contributed by atoms with E-state index in [9.17, 15) is 4.79 Å². The number of piperidine rings is 1. The Balaban J connectivity index is 2.01. The van der Waals surface area contributed by atoms with Gasteiger partial charge in [0.2, 0.25) is 0 Å². The number of likely N-dealkylation sites (tertiary alicyclic amines) is 1. The molecule has 5 nitrogen and oxygen atoms in total.